The highest BCUT2D eigenvalue weighted by atomic mass is 19.1. The molecule has 7 nitrogen and oxygen atoms in total. The van der Waals surface area contributed by atoms with Gasteiger partial charge in [0.2, 0.25) is 0 Å². The van der Waals surface area contributed by atoms with Crippen LogP contribution in [0.15, 0.2) is 29.4 Å². The standard InChI is InChI=1S/C22H30FN5O2/c1-2-24-22(25-8-7-16-15-26-19-14-17(23)5-6-18(16)19)28-11-9-27(10-12-28)21(29)20-4-3-13-30-20/h5-6,14-15,20,26H,2-4,7-13H2,1H3,(H,24,25). The smallest absolute Gasteiger partial charge is 0.251 e. The molecule has 0 spiro atoms. The molecule has 2 fully saturated rings. The zero-order valence-corrected chi connectivity index (χ0v) is 17.5. The number of rotatable bonds is 5. The minimum Gasteiger partial charge on any atom is -0.368 e. The van der Waals surface area contributed by atoms with E-state index in [9.17, 15) is 9.18 Å². The monoisotopic (exact) mass is 415 g/mol. The number of nitrogens with zero attached hydrogens (tertiary/aromatic N) is 3. The Kier molecular flexibility index (Phi) is 6.52. The Bertz CT molecular complexity index is 898. The van der Waals surface area contributed by atoms with Crippen LogP contribution in [0.25, 0.3) is 10.9 Å². The molecule has 1 aromatic heterocycles. The average Bonchev–Trinajstić information content (AvgIpc) is 3.43. The number of carbonyl (C=O) groups is 1. The van der Waals surface area contributed by atoms with Crippen molar-refractivity contribution >= 4 is 22.8 Å². The third-order valence-corrected chi connectivity index (χ3v) is 5.80. The first-order valence-corrected chi connectivity index (χ1v) is 10.8. The van der Waals surface area contributed by atoms with Crippen molar-refractivity contribution in [3.63, 3.8) is 0 Å². The average molecular weight is 416 g/mol. The molecule has 162 valence electrons. The van der Waals surface area contributed by atoms with Gasteiger partial charge in [-0.1, -0.05) is 0 Å². The second kappa shape index (κ2) is 9.47. The summed E-state index contributed by atoms with van der Waals surface area (Å²) in [4.78, 5) is 24.6. The summed E-state index contributed by atoms with van der Waals surface area (Å²) in [6, 6.07) is 4.82. The minimum absolute atomic E-state index is 0.130. The molecule has 2 aliphatic rings. The van der Waals surface area contributed by atoms with Crippen LogP contribution < -0.4 is 5.32 Å². The maximum Gasteiger partial charge on any atom is 0.251 e. The van der Waals surface area contributed by atoms with E-state index in [1.165, 1.54) is 12.1 Å². The van der Waals surface area contributed by atoms with E-state index in [4.69, 9.17) is 9.73 Å². The van der Waals surface area contributed by atoms with E-state index in [0.717, 1.165) is 61.3 Å². The third-order valence-electron chi connectivity index (χ3n) is 5.80. The lowest BCUT2D eigenvalue weighted by molar-refractivity contribution is -0.142. The molecule has 1 atom stereocenters. The lowest BCUT2D eigenvalue weighted by atomic mass is 10.1. The summed E-state index contributed by atoms with van der Waals surface area (Å²) in [6.45, 7) is 7.09. The van der Waals surface area contributed by atoms with Gasteiger partial charge < -0.3 is 24.8 Å². The largest absolute Gasteiger partial charge is 0.368 e. The van der Waals surface area contributed by atoms with Gasteiger partial charge in [0.05, 0.1) is 0 Å². The summed E-state index contributed by atoms with van der Waals surface area (Å²) in [5, 5.41) is 4.41. The SMILES string of the molecule is CCNC(=NCCc1c[nH]c2cc(F)ccc12)N1CCN(C(=O)C2CCCO2)CC1. The summed E-state index contributed by atoms with van der Waals surface area (Å²) in [6.07, 6.45) is 4.27. The van der Waals surface area contributed by atoms with Crippen LogP contribution in [0, 0.1) is 5.82 Å². The number of carbonyl (C=O) groups excluding carboxylic acids is 1. The maximum atomic E-state index is 13.4. The Balaban J connectivity index is 1.34. The van der Waals surface area contributed by atoms with Gasteiger partial charge in [-0.15, -0.1) is 0 Å². The molecule has 0 saturated carbocycles. The van der Waals surface area contributed by atoms with E-state index >= 15 is 0 Å². The molecule has 0 radical (unpaired) electrons. The van der Waals surface area contributed by atoms with Gasteiger partial charge in [0, 0.05) is 63.0 Å². The predicted molar refractivity (Wildman–Crippen MR) is 115 cm³/mol. The van der Waals surface area contributed by atoms with Crippen LogP contribution in [0.3, 0.4) is 0 Å². The van der Waals surface area contributed by atoms with Crippen LogP contribution in [0.1, 0.15) is 25.3 Å². The quantitative estimate of drug-likeness (QED) is 0.580. The highest BCUT2D eigenvalue weighted by molar-refractivity contribution is 5.84. The molecule has 4 rings (SSSR count). The van der Waals surface area contributed by atoms with Crippen molar-refractivity contribution in [3.8, 4) is 0 Å². The van der Waals surface area contributed by atoms with E-state index in [1.54, 1.807) is 0 Å². The molecule has 8 heteroatoms. The minimum atomic E-state index is -0.247. The fraction of sp³-hybridized carbons (Fsp3) is 0.545. The van der Waals surface area contributed by atoms with Crippen LogP contribution in [0.2, 0.25) is 0 Å². The predicted octanol–water partition coefficient (Wildman–Crippen LogP) is 2.14. The van der Waals surface area contributed by atoms with E-state index in [1.807, 2.05) is 17.2 Å². The Morgan fingerprint density at radius 3 is 2.83 bits per heavy atom. The second-order valence-corrected chi connectivity index (χ2v) is 7.80. The molecule has 2 N–H and O–H groups in total. The van der Waals surface area contributed by atoms with Gasteiger partial charge in [-0.25, -0.2) is 4.39 Å². The van der Waals surface area contributed by atoms with Crippen molar-refractivity contribution in [2.45, 2.75) is 32.3 Å². The highest BCUT2D eigenvalue weighted by Gasteiger charge is 2.30. The fourth-order valence-corrected chi connectivity index (χ4v) is 4.19. The number of halogens is 1. The summed E-state index contributed by atoms with van der Waals surface area (Å²) >= 11 is 0. The van der Waals surface area contributed by atoms with Gasteiger partial charge >= 0.3 is 0 Å². The van der Waals surface area contributed by atoms with Crippen LogP contribution in [0.4, 0.5) is 4.39 Å². The zero-order valence-electron chi connectivity index (χ0n) is 17.5. The lowest BCUT2D eigenvalue weighted by Crippen LogP contribution is -2.55. The molecule has 3 heterocycles. The van der Waals surface area contributed by atoms with Gasteiger partial charge in [-0.05, 0) is 49.9 Å². The molecule has 0 aliphatic carbocycles. The molecule has 2 aliphatic heterocycles. The van der Waals surface area contributed by atoms with Crippen molar-refractivity contribution in [1.29, 1.82) is 0 Å². The van der Waals surface area contributed by atoms with E-state index in [0.29, 0.717) is 26.2 Å². The molecule has 2 saturated heterocycles. The first kappa shape index (κ1) is 20.7. The summed E-state index contributed by atoms with van der Waals surface area (Å²) < 4.78 is 18.9. The molecular formula is C22H30FN5O2. The number of nitrogens with one attached hydrogen (secondary N) is 2. The molecule has 1 amide bonds. The number of fused-ring (bicyclic) bond motifs is 1. The van der Waals surface area contributed by atoms with Crippen molar-refractivity contribution < 1.29 is 13.9 Å². The maximum absolute atomic E-state index is 13.4. The summed E-state index contributed by atoms with van der Waals surface area (Å²) in [5.41, 5.74) is 1.95. The molecule has 0 bridgehead atoms. The van der Waals surface area contributed by atoms with Gasteiger partial charge in [0.15, 0.2) is 5.96 Å². The van der Waals surface area contributed by atoms with Crippen molar-refractivity contribution in [3.05, 3.63) is 35.8 Å². The number of ether oxygens (including phenoxy) is 1. The van der Waals surface area contributed by atoms with Crippen LogP contribution >= 0.6 is 0 Å². The van der Waals surface area contributed by atoms with Gasteiger partial charge in [0.1, 0.15) is 11.9 Å². The number of hydrogen-bond acceptors (Lipinski definition) is 3. The highest BCUT2D eigenvalue weighted by Crippen LogP contribution is 2.20. The lowest BCUT2D eigenvalue weighted by Gasteiger charge is -2.37. The number of H-pyrrole nitrogens is 1. The number of hydrogen-bond donors (Lipinski definition) is 2. The number of benzene rings is 1. The summed E-state index contributed by atoms with van der Waals surface area (Å²) in [5.74, 6) is 0.776. The van der Waals surface area contributed by atoms with Crippen LogP contribution in [0.5, 0.6) is 0 Å². The van der Waals surface area contributed by atoms with E-state index < -0.39 is 0 Å². The molecule has 1 unspecified atom stereocenters. The van der Waals surface area contributed by atoms with Gasteiger partial charge in [0.25, 0.3) is 5.91 Å². The zero-order chi connectivity index (χ0) is 20.9. The van der Waals surface area contributed by atoms with Crippen LogP contribution in [-0.4, -0.2) is 78.6 Å². The van der Waals surface area contributed by atoms with E-state index in [2.05, 4.69) is 22.1 Å². The number of aliphatic imine (C=N–C) groups is 1. The molecular weight excluding hydrogens is 385 g/mol. The normalized spacial score (nSPS) is 20.2. The number of guanidine groups is 1. The summed E-state index contributed by atoms with van der Waals surface area (Å²) in [7, 11) is 0. The van der Waals surface area contributed by atoms with E-state index in [-0.39, 0.29) is 17.8 Å². The molecule has 30 heavy (non-hydrogen) atoms. The van der Waals surface area contributed by atoms with Crippen LogP contribution in [-0.2, 0) is 16.0 Å². The van der Waals surface area contributed by atoms with Crippen molar-refractivity contribution in [1.82, 2.24) is 20.1 Å². The third kappa shape index (κ3) is 4.59. The Labute approximate surface area is 176 Å². The number of piperazine rings is 1. The van der Waals surface area contributed by atoms with Gasteiger partial charge in [-0.3, -0.25) is 9.79 Å². The fourth-order valence-electron chi connectivity index (χ4n) is 4.19. The Morgan fingerprint density at radius 1 is 1.30 bits per heavy atom. The molecule has 1 aromatic carbocycles. The second-order valence-electron chi connectivity index (χ2n) is 7.80. The van der Waals surface area contributed by atoms with Crippen molar-refractivity contribution in [2.75, 3.05) is 45.9 Å². The first-order chi connectivity index (χ1) is 14.7. The Hall–Kier alpha value is -2.61. The van der Waals surface area contributed by atoms with Crippen molar-refractivity contribution in [2.24, 2.45) is 4.99 Å². The Morgan fingerprint density at radius 2 is 2.10 bits per heavy atom. The number of amides is 1. The molecule has 2 aromatic rings. The number of aromatic nitrogens is 1. The first-order valence-electron chi connectivity index (χ1n) is 10.8. The topological polar surface area (TPSA) is 73.0 Å². The number of aromatic amines is 1. The van der Waals surface area contributed by atoms with Gasteiger partial charge in [-0.2, -0.15) is 0 Å².